The molecule has 1 aliphatic carbocycles. The van der Waals surface area contributed by atoms with Gasteiger partial charge >= 0.3 is 0 Å². The molecule has 1 aromatic carbocycles. The van der Waals surface area contributed by atoms with Gasteiger partial charge in [-0.2, -0.15) is 8.75 Å². The molecule has 1 saturated carbocycles. The Morgan fingerprint density at radius 1 is 1.00 bits per heavy atom. The average Bonchev–Trinajstić information content (AvgIpc) is 3.10. The number of aromatic nitrogens is 2. The third-order valence-electron chi connectivity index (χ3n) is 5.40. The molecular weight excluding hydrogens is 380 g/mol. The zero-order chi connectivity index (χ0) is 18.4. The molecule has 8 heteroatoms. The summed E-state index contributed by atoms with van der Waals surface area (Å²) in [5, 5.41) is 2.07. The first-order valence-electron chi connectivity index (χ1n) is 9.04. The van der Waals surface area contributed by atoms with Crippen molar-refractivity contribution < 1.29 is 9.59 Å². The lowest BCUT2D eigenvalue weighted by molar-refractivity contribution is -0.134. The maximum atomic E-state index is 12.8. The van der Waals surface area contributed by atoms with Crippen molar-refractivity contribution in [3.63, 3.8) is 0 Å². The van der Waals surface area contributed by atoms with E-state index in [-0.39, 0.29) is 17.7 Å². The van der Waals surface area contributed by atoms with E-state index in [1.54, 1.807) is 23.5 Å². The predicted octanol–water partition coefficient (Wildman–Crippen LogP) is 2.84. The van der Waals surface area contributed by atoms with Crippen LogP contribution in [0.25, 0.3) is 11.0 Å². The molecule has 27 heavy (non-hydrogen) atoms. The minimum Gasteiger partial charge on any atom is -0.339 e. The molecule has 5 rings (SSSR count). The number of carbonyl (C=O) groups is 2. The summed E-state index contributed by atoms with van der Waals surface area (Å²) >= 11 is 2.88. The third-order valence-corrected chi connectivity index (χ3v) is 6.96. The molecule has 0 bridgehead atoms. The van der Waals surface area contributed by atoms with E-state index in [2.05, 4.69) is 20.2 Å². The second kappa shape index (κ2) is 6.69. The number of nitrogens with zero attached hydrogens (tertiary/aromatic N) is 4. The SMILES string of the molecule is O=C(c1ccc2nsnc2c1)N1CCN(C(=O)C2CC2c2cccs2)CC1. The summed E-state index contributed by atoms with van der Waals surface area (Å²) in [6.45, 7) is 2.38. The summed E-state index contributed by atoms with van der Waals surface area (Å²) < 4.78 is 8.37. The van der Waals surface area contributed by atoms with Crippen LogP contribution in [0.4, 0.5) is 0 Å². The minimum absolute atomic E-state index is 0.000108. The number of hydrogen-bond acceptors (Lipinski definition) is 6. The first kappa shape index (κ1) is 16.8. The van der Waals surface area contributed by atoms with Crippen LogP contribution >= 0.6 is 23.1 Å². The molecule has 3 heterocycles. The van der Waals surface area contributed by atoms with Gasteiger partial charge in [0.25, 0.3) is 5.91 Å². The van der Waals surface area contributed by atoms with Crippen molar-refractivity contribution in [2.24, 2.45) is 5.92 Å². The second-order valence-corrected chi connectivity index (χ2v) is 8.56. The van der Waals surface area contributed by atoms with Crippen molar-refractivity contribution in [1.29, 1.82) is 0 Å². The molecule has 3 aromatic rings. The lowest BCUT2D eigenvalue weighted by Crippen LogP contribution is -2.51. The topological polar surface area (TPSA) is 66.4 Å². The minimum atomic E-state index is -0.000108. The van der Waals surface area contributed by atoms with E-state index in [4.69, 9.17) is 0 Å². The Morgan fingerprint density at radius 3 is 2.56 bits per heavy atom. The highest BCUT2D eigenvalue weighted by Crippen LogP contribution is 2.50. The quantitative estimate of drug-likeness (QED) is 0.680. The molecule has 0 radical (unpaired) electrons. The number of thiophene rings is 1. The lowest BCUT2D eigenvalue weighted by atomic mass is 10.1. The van der Waals surface area contributed by atoms with Crippen LogP contribution in [0.3, 0.4) is 0 Å². The van der Waals surface area contributed by atoms with E-state index in [1.807, 2.05) is 21.9 Å². The zero-order valence-electron chi connectivity index (χ0n) is 14.6. The Hall–Kier alpha value is -2.32. The fourth-order valence-corrected chi connectivity index (χ4v) is 5.17. The van der Waals surface area contributed by atoms with E-state index in [1.165, 1.54) is 4.88 Å². The number of carbonyl (C=O) groups excluding carboxylic acids is 2. The van der Waals surface area contributed by atoms with Gasteiger partial charge in [-0.1, -0.05) is 6.07 Å². The van der Waals surface area contributed by atoms with Crippen LogP contribution in [-0.4, -0.2) is 56.5 Å². The normalized spacial score (nSPS) is 22.2. The fourth-order valence-electron chi connectivity index (χ4n) is 3.75. The Morgan fingerprint density at radius 2 is 1.78 bits per heavy atom. The number of rotatable bonds is 3. The number of benzene rings is 1. The highest BCUT2D eigenvalue weighted by atomic mass is 32.1. The number of fused-ring (bicyclic) bond motifs is 1. The predicted molar refractivity (Wildman–Crippen MR) is 105 cm³/mol. The van der Waals surface area contributed by atoms with Gasteiger partial charge in [0, 0.05) is 48.5 Å². The molecular formula is C19H18N4O2S2. The molecule has 2 fully saturated rings. The average molecular weight is 399 g/mol. The Labute approximate surface area is 164 Å². The molecule has 2 aromatic heterocycles. The highest BCUT2D eigenvalue weighted by Gasteiger charge is 2.46. The smallest absolute Gasteiger partial charge is 0.254 e. The molecule has 6 nitrogen and oxygen atoms in total. The van der Waals surface area contributed by atoms with E-state index in [0.717, 1.165) is 29.2 Å². The highest BCUT2D eigenvalue weighted by molar-refractivity contribution is 7.10. The Balaban J connectivity index is 1.20. The monoisotopic (exact) mass is 398 g/mol. The fraction of sp³-hybridized carbons (Fsp3) is 0.368. The largest absolute Gasteiger partial charge is 0.339 e. The Kier molecular flexibility index (Phi) is 4.17. The van der Waals surface area contributed by atoms with Crippen LogP contribution in [0.5, 0.6) is 0 Å². The van der Waals surface area contributed by atoms with Gasteiger partial charge in [0.2, 0.25) is 5.91 Å². The summed E-state index contributed by atoms with van der Waals surface area (Å²) in [6, 6.07) is 9.61. The molecule has 0 N–H and O–H groups in total. The molecule has 1 saturated heterocycles. The van der Waals surface area contributed by atoms with Crippen LogP contribution in [0.1, 0.15) is 27.6 Å². The molecule has 1 aliphatic heterocycles. The second-order valence-electron chi connectivity index (χ2n) is 7.05. The first-order chi connectivity index (χ1) is 13.2. The number of amides is 2. The summed E-state index contributed by atoms with van der Waals surface area (Å²) in [7, 11) is 0. The van der Waals surface area contributed by atoms with E-state index < -0.39 is 0 Å². The van der Waals surface area contributed by atoms with E-state index >= 15 is 0 Å². The lowest BCUT2D eigenvalue weighted by Gasteiger charge is -2.35. The van der Waals surface area contributed by atoms with Gasteiger partial charge in [-0.15, -0.1) is 11.3 Å². The van der Waals surface area contributed by atoms with Gasteiger partial charge < -0.3 is 9.80 Å². The molecule has 2 unspecified atom stereocenters. The van der Waals surface area contributed by atoms with Crippen LogP contribution in [0.2, 0.25) is 0 Å². The van der Waals surface area contributed by atoms with Gasteiger partial charge in [0.15, 0.2) is 0 Å². The van der Waals surface area contributed by atoms with Crippen molar-refractivity contribution in [1.82, 2.24) is 18.5 Å². The summed E-state index contributed by atoms with van der Waals surface area (Å²) in [4.78, 5) is 30.6. The summed E-state index contributed by atoms with van der Waals surface area (Å²) in [5.41, 5.74) is 2.21. The van der Waals surface area contributed by atoms with Gasteiger partial charge in [-0.25, -0.2) is 0 Å². The molecule has 138 valence electrons. The van der Waals surface area contributed by atoms with Gasteiger partial charge in [0.05, 0.1) is 11.7 Å². The third kappa shape index (κ3) is 3.12. The first-order valence-corrected chi connectivity index (χ1v) is 10.7. The molecule has 2 atom stereocenters. The van der Waals surface area contributed by atoms with E-state index in [9.17, 15) is 9.59 Å². The van der Waals surface area contributed by atoms with Crippen molar-refractivity contribution in [3.05, 3.63) is 46.2 Å². The maximum Gasteiger partial charge on any atom is 0.254 e. The van der Waals surface area contributed by atoms with Crippen LogP contribution < -0.4 is 0 Å². The molecule has 2 amide bonds. The summed E-state index contributed by atoms with van der Waals surface area (Å²) in [5.74, 6) is 0.774. The van der Waals surface area contributed by atoms with E-state index in [0.29, 0.717) is 37.7 Å². The van der Waals surface area contributed by atoms with Crippen molar-refractivity contribution in [2.75, 3.05) is 26.2 Å². The maximum absolute atomic E-state index is 12.8. The number of piperazine rings is 1. The van der Waals surface area contributed by atoms with Crippen LogP contribution in [0, 0.1) is 5.92 Å². The zero-order valence-corrected chi connectivity index (χ0v) is 16.2. The standard InChI is InChI=1S/C19H18N4O2S2/c24-18(12-3-4-15-16(10-12)21-27-20-15)22-5-7-23(8-6-22)19(25)14-11-13(14)17-2-1-9-26-17/h1-4,9-10,13-14H,5-8,11H2. The van der Waals surface area contributed by atoms with Crippen molar-refractivity contribution >= 4 is 45.9 Å². The van der Waals surface area contributed by atoms with Crippen LogP contribution in [-0.2, 0) is 4.79 Å². The molecule has 2 aliphatic rings. The molecule has 0 spiro atoms. The van der Waals surface area contributed by atoms with Gasteiger partial charge in [0.1, 0.15) is 11.0 Å². The van der Waals surface area contributed by atoms with Gasteiger partial charge in [-0.3, -0.25) is 9.59 Å². The summed E-state index contributed by atoms with van der Waals surface area (Å²) in [6.07, 6.45) is 0.959. The van der Waals surface area contributed by atoms with Crippen molar-refractivity contribution in [3.8, 4) is 0 Å². The van der Waals surface area contributed by atoms with Crippen molar-refractivity contribution in [2.45, 2.75) is 12.3 Å². The van der Waals surface area contributed by atoms with Gasteiger partial charge in [-0.05, 0) is 36.1 Å². The Bertz CT molecular complexity index is 992. The van der Waals surface area contributed by atoms with Crippen LogP contribution in [0.15, 0.2) is 35.7 Å². The number of hydrogen-bond donors (Lipinski definition) is 0.